The topological polar surface area (TPSA) is 113 Å². The van der Waals surface area contributed by atoms with Crippen molar-refractivity contribution in [1.29, 1.82) is 0 Å². The number of aromatic nitrogens is 2. The number of ether oxygens (including phenoxy) is 1. The molecule has 2 N–H and O–H groups in total. The smallest absolute Gasteiger partial charge is 0.343 e. The van der Waals surface area contributed by atoms with Gasteiger partial charge in [-0.1, -0.05) is 5.10 Å². The lowest BCUT2D eigenvalue weighted by Crippen LogP contribution is -2.41. The first-order valence-electron chi connectivity index (χ1n) is 5.95. The molecule has 9 heteroatoms. The van der Waals surface area contributed by atoms with Crippen molar-refractivity contribution in [3.05, 3.63) is 21.9 Å². The van der Waals surface area contributed by atoms with Crippen LogP contribution in [0, 0.1) is 10.1 Å². The normalized spacial score (nSPS) is 16.2. The minimum atomic E-state index is -0.627. The Hall–Kier alpha value is -2.00. The summed E-state index contributed by atoms with van der Waals surface area (Å²) in [5.41, 5.74) is 0.0219. The van der Waals surface area contributed by atoms with E-state index in [1.54, 1.807) is 0 Å². The Bertz CT molecular complexity index is 455. The molecule has 1 aliphatic rings. The Balaban J connectivity index is 1.75. The molecule has 1 aromatic heterocycles. The van der Waals surface area contributed by atoms with E-state index in [-0.39, 0.29) is 11.5 Å². The zero-order chi connectivity index (χ0) is 13.7. The summed E-state index contributed by atoms with van der Waals surface area (Å²) in [7, 11) is 0. The second kappa shape index (κ2) is 6.25. The second-order valence-electron chi connectivity index (χ2n) is 4.11. The molecule has 9 nitrogen and oxygen atoms in total. The molecule has 1 aromatic rings. The van der Waals surface area contributed by atoms with Crippen LogP contribution < -0.4 is 5.32 Å². The summed E-state index contributed by atoms with van der Waals surface area (Å²) in [6, 6.07) is 1.12. The lowest BCUT2D eigenvalue weighted by molar-refractivity contribution is -0.389. The van der Waals surface area contributed by atoms with Crippen molar-refractivity contribution in [2.24, 2.45) is 0 Å². The number of morpholine rings is 1. The van der Waals surface area contributed by atoms with Crippen LogP contribution in [0.3, 0.4) is 0 Å². The number of hydrogen-bond donors (Lipinski definition) is 2. The van der Waals surface area contributed by atoms with Gasteiger partial charge in [-0.2, -0.15) is 0 Å². The van der Waals surface area contributed by atoms with Gasteiger partial charge in [0.05, 0.1) is 19.3 Å². The summed E-state index contributed by atoms with van der Waals surface area (Å²) < 4.78 is 5.21. The maximum absolute atomic E-state index is 11.7. The standard InChI is InChI=1S/C10H15N5O4/c16-10(8-7-9(13-12-8)15(17)18)11-1-2-14-3-5-19-6-4-14/h7H,1-6H2,(H,11,16)(H,12,13). The van der Waals surface area contributed by atoms with Gasteiger partial charge in [-0.3, -0.25) is 9.69 Å². The van der Waals surface area contributed by atoms with Crippen molar-refractivity contribution in [2.45, 2.75) is 0 Å². The molecule has 104 valence electrons. The van der Waals surface area contributed by atoms with E-state index in [1.807, 2.05) is 0 Å². The number of carbonyl (C=O) groups excluding carboxylic acids is 1. The highest BCUT2D eigenvalue weighted by atomic mass is 16.6. The van der Waals surface area contributed by atoms with Crippen LogP contribution >= 0.6 is 0 Å². The maximum atomic E-state index is 11.7. The Kier molecular flexibility index (Phi) is 4.42. The predicted octanol–water partition coefficient (Wildman–Crippen LogP) is -0.620. The highest BCUT2D eigenvalue weighted by Crippen LogP contribution is 2.07. The molecule has 0 aliphatic carbocycles. The van der Waals surface area contributed by atoms with Crippen LogP contribution in [0.1, 0.15) is 10.5 Å². The van der Waals surface area contributed by atoms with Crippen LogP contribution in [0.4, 0.5) is 5.82 Å². The third-order valence-corrected chi connectivity index (χ3v) is 2.81. The Morgan fingerprint density at radius 3 is 2.95 bits per heavy atom. The Morgan fingerprint density at radius 1 is 1.58 bits per heavy atom. The predicted molar refractivity (Wildman–Crippen MR) is 64.8 cm³/mol. The highest BCUT2D eigenvalue weighted by Gasteiger charge is 2.16. The highest BCUT2D eigenvalue weighted by molar-refractivity contribution is 5.92. The molecule has 0 spiro atoms. The zero-order valence-corrected chi connectivity index (χ0v) is 10.3. The van der Waals surface area contributed by atoms with Crippen LogP contribution in [-0.4, -0.2) is 65.3 Å². The lowest BCUT2D eigenvalue weighted by Gasteiger charge is -2.26. The van der Waals surface area contributed by atoms with E-state index < -0.39 is 10.8 Å². The molecule has 0 unspecified atom stereocenters. The molecule has 2 rings (SSSR count). The summed E-state index contributed by atoms with van der Waals surface area (Å²) in [5, 5.41) is 18.9. The third kappa shape index (κ3) is 3.73. The second-order valence-corrected chi connectivity index (χ2v) is 4.11. The van der Waals surface area contributed by atoms with Gasteiger partial charge in [0.15, 0.2) is 5.69 Å². The summed E-state index contributed by atoms with van der Waals surface area (Å²) in [6.45, 7) is 4.31. The van der Waals surface area contributed by atoms with Crippen molar-refractivity contribution in [2.75, 3.05) is 39.4 Å². The number of rotatable bonds is 5. The zero-order valence-electron chi connectivity index (χ0n) is 10.3. The maximum Gasteiger partial charge on any atom is 0.343 e. The largest absolute Gasteiger partial charge is 0.379 e. The van der Waals surface area contributed by atoms with Crippen LogP contribution in [0.25, 0.3) is 0 Å². The van der Waals surface area contributed by atoms with Crippen LogP contribution in [0.2, 0.25) is 0 Å². The number of hydrogen-bond acceptors (Lipinski definition) is 6. The molecule has 0 saturated carbocycles. The van der Waals surface area contributed by atoms with Gasteiger partial charge in [0, 0.05) is 26.2 Å². The van der Waals surface area contributed by atoms with Gasteiger partial charge in [-0.25, -0.2) is 0 Å². The van der Waals surface area contributed by atoms with Crippen LogP contribution in [0.15, 0.2) is 6.07 Å². The molecule has 0 aromatic carbocycles. The summed E-state index contributed by atoms with van der Waals surface area (Å²) in [4.78, 5) is 23.7. The molecule has 0 radical (unpaired) electrons. The number of nitrogens with one attached hydrogen (secondary N) is 2. The lowest BCUT2D eigenvalue weighted by atomic mass is 10.3. The Morgan fingerprint density at radius 2 is 2.32 bits per heavy atom. The molecule has 1 aliphatic heterocycles. The SMILES string of the molecule is O=C(NCCN1CCOCC1)c1cc([N+](=O)[O-])[nH]n1. The van der Waals surface area contributed by atoms with Gasteiger partial charge in [0.1, 0.15) is 0 Å². The van der Waals surface area contributed by atoms with E-state index in [0.717, 1.165) is 25.7 Å². The number of aromatic amines is 1. The van der Waals surface area contributed by atoms with Gasteiger partial charge in [0.2, 0.25) is 0 Å². The minimum Gasteiger partial charge on any atom is -0.379 e. The van der Waals surface area contributed by atoms with Crippen molar-refractivity contribution in [3.63, 3.8) is 0 Å². The number of carbonyl (C=O) groups is 1. The van der Waals surface area contributed by atoms with Gasteiger partial charge in [-0.15, -0.1) is 5.10 Å². The van der Waals surface area contributed by atoms with Gasteiger partial charge >= 0.3 is 5.82 Å². The van der Waals surface area contributed by atoms with E-state index in [4.69, 9.17) is 4.74 Å². The molecular formula is C10H15N5O4. The van der Waals surface area contributed by atoms with Crippen molar-refractivity contribution in [3.8, 4) is 0 Å². The van der Waals surface area contributed by atoms with E-state index in [0.29, 0.717) is 19.8 Å². The number of H-pyrrole nitrogens is 1. The monoisotopic (exact) mass is 269 g/mol. The Labute approximate surface area is 109 Å². The number of nitro groups is 1. The quantitative estimate of drug-likeness (QED) is 0.544. The van der Waals surface area contributed by atoms with E-state index in [2.05, 4.69) is 20.4 Å². The van der Waals surface area contributed by atoms with Crippen molar-refractivity contribution >= 4 is 11.7 Å². The van der Waals surface area contributed by atoms with Crippen molar-refractivity contribution in [1.82, 2.24) is 20.4 Å². The van der Waals surface area contributed by atoms with Crippen LogP contribution in [-0.2, 0) is 4.74 Å². The summed E-state index contributed by atoms with van der Waals surface area (Å²) in [5.74, 6) is -0.712. The first-order valence-corrected chi connectivity index (χ1v) is 5.95. The summed E-state index contributed by atoms with van der Waals surface area (Å²) >= 11 is 0. The van der Waals surface area contributed by atoms with E-state index >= 15 is 0 Å². The van der Waals surface area contributed by atoms with E-state index in [9.17, 15) is 14.9 Å². The average molecular weight is 269 g/mol. The van der Waals surface area contributed by atoms with Crippen LogP contribution in [0.5, 0.6) is 0 Å². The molecule has 0 atom stereocenters. The van der Waals surface area contributed by atoms with Gasteiger partial charge in [0.25, 0.3) is 5.91 Å². The van der Waals surface area contributed by atoms with Crippen molar-refractivity contribution < 1.29 is 14.5 Å². The molecule has 1 fully saturated rings. The fourth-order valence-corrected chi connectivity index (χ4v) is 1.76. The molecule has 1 saturated heterocycles. The van der Waals surface area contributed by atoms with E-state index in [1.165, 1.54) is 0 Å². The molecular weight excluding hydrogens is 254 g/mol. The molecule has 2 heterocycles. The fourth-order valence-electron chi connectivity index (χ4n) is 1.76. The average Bonchev–Trinajstić information content (AvgIpc) is 2.89. The molecule has 0 bridgehead atoms. The van der Waals surface area contributed by atoms with Gasteiger partial charge < -0.3 is 20.2 Å². The van der Waals surface area contributed by atoms with Gasteiger partial charge in [-0.05, 0) is 4.92 Å². The molecule has 19 heavy (non-hydrogen) atoms. The fraction of sp³-hybridized carbons (Fsp3) is 0.600. The first-order chi connectivity index (χ1) is 9.16. The summed E-state index contributed by atoms with van der Waals surface area (Å²) in [6.07, 6.45) is 0. The number of amides is 1. The third-order valence-electron chi connectivity index (χ3n) is 2.81. The minimum absolute atomic E-state index is 0.0219. The molecule has 1 amide bonds. The first kappa shape index (κ1) is 13.4. The number of nitrogens with zero attached hydrogens (tertiary/aromatic N) is 3.